The molecule has 1 saturated heterocycles. The highest BCUT2D eigenvalue weighted by Gasteiger charge is 2.17. The van der Waals surface area contributed by atoms with Crippen molar-refractivity contribution in [1.82, 2.24) is 5.43 Å². The van der Waals surface area contributed by atoms with E-state index >= 15 is 0 Å². The highest BCUT2D eigenvalue weighted by Crippen LogP contribution is 2.27. The molecule has 0 spiro atoms. The number of hydrogen-bond donors (Lipinski definition) is 2. The van der Waals surface area contributed by atoms with Gasteiger partial charge in [-0.3, -0.25) is 15.5 Å². The molecule has 8 heteroatoms. The number of thiocarbonyl (C=S) groups is 1. The molecule has 1 aromatic rings. The average molecular weight is 293 g/mol. The van der Waals surface area contributed by atoms with Crippen molar-refractivity contribution in [2.24, 2.45) is 10.8 Å². The zero-order valence-corrected chi connectivity index (χ0v) is 11.6. The summed E-state index contributed by atoms with van der Waals surface area (Å²) < 4.78 is 0. The van der Waals surface area contributed by atoms with Crippen LogP contribution in [0.15, 0.2) is 23.3 Å². The van der Waals surface area contributed by atoms with Crippen molar-refractivity contribution in [1.29, 1.82) is 0 Å². The zero-order valence-electron chi connectivity index (χ0n) is 10.8. The predicted octanol–water partition coefficient (Wildman–Crippen LogP) is 1.36. The molecule has 0 radical (unpaired) electrons. The van der Waals surface area contributed by atoms with Gasteiger partial charge in [0.1, 0.15) is 0 Å². The van der Waals surface area contributed by atoms with Crippen LogP contribution in [-0.4, -0.2) is 29.3 Å². The van der Waals surface area contributed by atoms with Crippen LogP contribution in [0.2, 0.25) is 0 Å². The lowest BCUT2D eigenvalue weighted by molar-refractivity contribution is -0.384. The fourth-order valence-electron chi connectivity index (χ4n) is 2.17. The first-order valence-corrected chi connectivity index (χ1v) is 6.60. The van der Waals surface area contributed by atoms with E-state index in [1.807, 2.05) is 0 Å². The topological polar surface area (TPSA) is 96.8 Å². The number of nitrogens with two attached hydrogens (primary N) is 1. The number of non-ortho nitro benzene ring substituents is 1. The van der Waals surface area contributed by atoms with Crippen molar-refractivity contribution in [2.75, 3.05) is 18.0 Å². The van der Waals surface area contributed by atoms with Gasteiger partial charge in [-0.05, 0) is 31.1 Å². The van der Waals surface area contributed by atoms with E-state index in [4.69, 9.17) is 5.73 Å². The third kappa shape index (κ3) is 3.41. The molecule has 0 unspecified atom stereocenters. The second kappa shape index (κ2) is 6.29. The van der Waals surface area contributed by atoms with E-state index in [1.54, 1.807) is 6.07 Å². The summed E-state index contributed by atoms with van der Waals surface area (Å²) >= 11 is 4.65. The lowest BCUT2D eigenvalue weighted by Gasteiger charge is -2.19. The Kier molecular flexibility index (Phi) is 4.46. The summed E-state index contributed by atoms with van der Waals surface area (Å²) in [5.41, 5.74) is 9.37. The smallest absolute Gasteiger partial charge is 0.270 e. The summed E-state index contributed by atoms with van der Waals surface area (Å²) in [7, 11) is 0. The Morgan fingerprint density at radius 1 is 1.50 bits per heavy atom. The number of rotatable bonds is 4. The van der Waals surface area contributed by atoms with Crippen molar-refractivity contribution < 1.29 is 4.92 Å². The van der Waals surface area contributed by atoms with Crippen LogP contribution in [0.5, 0.6) is 0 Å². The number of anilines is 1. The molecule has 0 bridgehead atoms. The molecule has 1 fully saturated rings. The number of nitrogens with one attached hydrogen (secondary N) is 1. The molecule has 3 N–H and O–H groups in total. The molecule has 0 aliphatic carbocycles. The molecule has 1 heterocycles. The monoisotopic (exact) mass is 293 g/mol. The fraction of sp³-hybridized carbons (Fsp3) is 0.333. The summed E-state index contributed by atoms with van der Waals surface area (Å²) in [4.78, 5) is 12.6. The third-order valence-corrected chi connectivity index (χ3v) is 3.14. The van der Waals surface area contributed by atoms with Crippen LogP contribution in [0.3, 0.4) is 0 Å². The molecule has 0 saturated carbocycles. The molecule has 1 aliphatic heterocycles. The summed E-state index contributed by atoms with van der Waals surface area (Å²) in [6, 6.07) is 4.76. The van der Waals surface area contributed by atoms with Crippen LogP contribution in [0.4, 0.5) is 11.4 Å². The maximum atomic E-state index is 10.9. The standard InChI is InChI=1S/C12H15N5O2S/c13-12(20)15-14-8-9-7-10(17(18)19)3-4-11(9)16-5-1-2-6-16/h3-4,7-8H,1-2,5-6H2,(H3,13,15,20)/b14-8+. The first-order chi connectivity index (χ1) is 9.58. The normalized spacial score (nSPS) is 14.7. The van der Waals surface area contributed by atoms with E-state index in [9.17, 15) is 10.1 Å². The molecule has 1 aromatic carbocycles. The third-order valence-electron chi connectivity index (χ3n) is 3.05. The number of hydrogen-bond acceptors (Lipinski definition) is 5. The van der Waals surface area contributed by atoms with Gasteiger partial charge in [-0.2, -0.15) is 5.10 Å². The summed E-state index contributed by atoms with van der Waals surface area (Å²) in [6.07, 6.45) is 3.75. The molecule has 20 heavy (non-hydrogen) atoms. The van der Waals surface area contributed by atoms with Crippen LogP contribution in [0.25, 0.3) is 0 Å². The lowest BCUT2D eigenvalue weighted by atomic mass is 10.1. The van der Waals surface area contributed by atoms with E-state index in [-0.39, 0.29) is 10.8 Å². The second-order valence-electron chi connectivity index (χ2n) is 4.43. The van der Waals surface area contributed by atoms with Gasteiger partial charge in [0, 0.05) is 36.5 Å². The predicted molar refractivity (Wildman–Crippen MR) is 82.1 cm³/mol. The van der Waals surface area contributed by atoms with E-state index in [0.717, 1.165) is 31.6 Å². The highest BCUT2D eigenvalue weighted by atomic mass is 32.1. The Balaban J connectivity index is 2.31. The molecule has 0 amide bonds. The minimum atomic E-state index is -0.425. The first-order valence-electron chi connectivity index (χ1n) is 6.20. The van der Waals surface area contributed by atoms with Gasteiger partial charge in [-0.15, -0.1) is 0 Å². The van der Waals surface area contributed by atoms with Gasteiger partial charge in [-0.1, -0.05) is 0 Å². The van der Waals surface area contributed by atoms with Crippen molar-refractivity contribution in [3.05, 3.63) is 33.9 Å². The van der Waals surface area contributed by atoms with Gasteiger partial charge >= 0.3 is 0 Å². The molecular weight excluding hydrogens is 278 g/mol. The summed E-state index contributed by atoms with van der Waals surface area (Å²) in [5, 5.41) is 14.8. The molecule has 0 aromatic heterocycles. The first kappa shape index (κ1) is 14.2. The van der Waals surface area contributed by atoms with E-state index in [2.05, 4.69) is 27.6 Å². The summed E-state index contributed by atoms with van der Waals surface area (Å²) in [6.45, 7) is 1.89. The minimum Gasteiger partial charge on any atom is -0.375 e. The maximum absolute atomic E-state index is 10.9. The van der Waals surface area contributed by atoms with Crippen molar-refractivity contribution in [3.63, 3.8) is 0 Å². The van der Waals surface area contributed by atoms with E-state index in [0.29, 0.717) is 5.56 Å². The number of hydrazone groups is 1. The molecule has 7 nitrogen and oxygen atoms in total. The van der Waals surface area contributed by atoms with Crippen LogP contribution in [0.1, 0.15) is 18.4 Å². The number of nitro benzene ring substituents is 1. The Labute approximate surface area is 121 Å². The Bertz CT molecular complexity index is 555. The van der Waals surface area contributed by atoms with Crippen LogP contribution in [-0.2, 0) is 0 Å². The second-order valence-corrected chi connectivity index (χ2v) is 4.87. The van der Waals surface area contributed by atoms with Gasteiger partial charge in [-0.25, -0.2) is 0 Å². The molecular formula is C12H15N5O2S. The number of nitrogens with zero attached hydrogens (tertiary/aromatic N) is 3. The van der Waals surface area contributed by atoms with Crippen LogP contribution >= 0.6 is 12.2 Å². The molecule has 2 rings (SSSR count). The van der Waals surface area contributed by atoms with Crippen LogP contribution < -0.4 is 16.1 Å². The largest absolute Gasteiger partial charge is 0.375 e. The SMILES string of the molecule is NC(=S)N/N=C/c1cc([N+](=O)[O-])ccc1N1CCCC1. The number of nitro groups is 1. The quantitative estimate of drug-likeness (QED) is 0.376. The lowest BCUT2D eigenvalue weighted by Crippen LogP contribution is -2.24. The van der Waals surface area contributed by atoms with Crippen LogP contribution in [0, 0.1) is 10.1 Å². The fourth-order valence-corrected chi connectivity index (χ4v) is 2.22. The summed E-state index contributed by atoms with van der Waals surface area (Å²) in [5.74, 6) is 0. The van der Waals surface area contributed by atoms with Gasteiger partial charge in [0.15, 0.2) is 5.11 Å². The maximum Gasteiger partial charge on any atom is 0.270 e. The van der Waals surface area contributed by atoms with Gasteiger partial charge in [0.25, 0.3) is 5.69 Å². The molecule has 1 aliphatic rings. The Hall–Kier alpha value is -2.22. The Morgan fingerprint density at radius 2 is 2.20 bits per heavy atom. The Morgan fingerprint density at radius 3 is 2.80 bits per heavy atom. The molecule has 0 atom stereocenters. The van der Waals surface area contributed by atoms with Gasteiger partial charge in [0.2, 0.25) is 0 Å². The average Bonchev–Trinajstić information content (AvgIpc) is 2.91. The van der Waals surface area contributed by atoms with Crippen molar-refractivity contribution in [2.45, 2.75) is 12.8 Å². The molecule has 106 valence electrons. The minimum absolute atomic E-state index is 0.0321. The van der Waals surface area contributed by atoms with Crippen molar-refractivity contribution >= 4 is 34.9 Å². The van der Waals surface area contributed by atoms with E-state index in [1.165, 1.54) is 18.3 Å². The van der Waals surface area contributed by atoms with Gasteiger partial charge < -0.3 is 10.6 Å². The zero-order chi connectivity index (χ0) is 14.5. The number of benzene rings is 1. The highest BCUT2D eigenvalue weighted by molar-refractivity contribution is 7.80. The van der Waals surface area contributed by atoms with Crippen molar-refractivity contribution in [3.8, 4) is 0 Å². The van der Waals surface area contributed by atoms with Gasteiger partial charge in [0.05, 0.1) is 11.1 Å². The van der Waals surface area contributed by atoms with E-state index < -0.39 is 4.92 Å².